The monoisotopic (exact) mass is 282 g/mol. The van der Waals surface area contributed by atoms with Crippen molar-refractivity contribution in [1.29, 1.82) is 0 Å². The maximum Gasteiger partial charge on any atom is 0.339 e. The summed E-state index contributed by atoms with van der Waals surface area (Å²) in [7, 11) is 1.56. The molecule has 0 spiro atoms. The quantitative estimate of drug-likeness (QED) is 0.433. The lowest BCUT2D eigenvalue weighted by Crippen LogP contribution is -2.35. The van der Waals surface area contributed by atoms with Crippen LogP contribution in [0.25, 0.3) is 0 Å². The second kappa shape index (κ2) is 7.46. The molecule has 0 fully saturated rings. The number of carbonyl (C=O) groups excluding carboxylic acids is 1. The minimum atomic E-state index is -1.28. The van der Waals surface area contributed by atoms with Gasteiger partial charge in [-0.2, -0.15) is 0 Å². The van der Waals surface area contributed by atoms with E-state index in [0.29, 0.717) is 19.4 Å². The number of carboxylic acid groups (broad SMARTS) is 1. The first kappa shape index (κ1) is 15.9. The molecule has 5 N–H and O–H groups in total. The van der Waals surface area contributed by atoms with E-state index in [-0.39, 0.29) is 17.0 Å². The number of hydrogen-bond acceptors (Lipinski definition) is 5. The van der Waals surface area contributed by atoms with Gasteiger partial charge in [-0.05, 0) is 31.0 Å². The Morgan fingerprint density at radius 2 is 2.15 bits per heavy atom. The summed E-state index contributed by atoms with van der Waals surface area (Å²) in [5, 5.41) is 20.7. The van der Waals surface area contributed by atoms with Crippen LogP contribution in [0.15, 0.2) is 18.2 Å². The molecule has 1 amide bonds. The molecule has 1 atom stereocenters. The average molecular weight is 282 g/mol. The summed E-state index contributed by atoms with van der Waals surface area (Å²) in [4.78, 5) is 22.6. The van der Waals surface area contributed by atoms with Crippen molar-refractivity contribution < 1.29 is 24.5 Å². The van der Waals surface area contributed by atoms with Crippen LogP contribution >= 0.6 is 0 Å². The molecule has 0 aliphatic rings. The maximum atomic E-state index is 11.8. The Bertz CT molecular complexity index is 490. The topological polar surface area (TPSA) is 122 Å². The smallest absolute Gasteiger partial charge is 0.339 e. The molecule has 0 radical (unpaired) electrons. The molecule has 0 aliphatic carbocycles. The molecular weight excluding hydrogens is 264 g/mol. The number of amides is 1. The zero-order valence-electron chi connectivity index (χ0n) is 11.1. The highest BCUT2D eigenvalue weighted by Gasteiger charge is 2.15. The van der Waals surface area contributed by atoms with Crippen LogP contribution in [0, 0.1) is 0 Å². The number of hydrogen-bond donors (Lipinski definition) is 4. The summed E-state index contributed by atoms with van der Waals surface area (Å²) >= 11 is 0. The molecule has 7 nitrogen and oxygen atoms in total. The largest absolute Gasteiger partial charge is 0.507 e. The van der Waals surface area contributed by atoms with Gasteiger partial charge in [0.15, 0.2) is 0 Å². The Labute approximate surface area is 116 Å². The van der Waals surface area contributed by atoms with Gasteiger partial charge in [0.05, 0.1) is 6.04 Å². The summed E-state index contributed by atoms with van der Waals surface area (Å²) in [6.45, 7) is 0.517. The first-order valence-electron chi connectivity index (χ1n) is 6.07. The Hall–Kier alpha value is -2.12. The highest BCUT2D eigenvalue weighted by Crippen LogP contribution is 2.21. The van der Waals surface area contributed by atoms with Gasteiger partial charge in [0.2, 0.25) is 5.91 Å². The van der Waals surface area contributed by atoms with Crippen LogP contribution in [0.3, 0.4) is 0 Å². The number of methoxy groups -OCH3 is 1. The van der Waals surface area contributed by atoms with Crippen molar-refractivity contribution in [3.05, 3.63) is 23.8 Å². The fraction of sp³-hybridized carbons (Fsp3) is 0.385. The van der Waals surface area contributed by atoms with Crippen LogP contribution in [0.1, 0.15) is 23.2 Å². The normalized spacial score (nSPS) is 11.9. The summed E-state index contributed by atoms with van der Waals surface area (Å²) in [6.07, 6.45) is 1.12. The van der Waals surface area contributed by atoms with Crippen molar-refractivity contribution in [2.45, 2.75) is 18.9 Å². The third-order valence-electron chi connectivity index (χ3n) is 2.69. The zero-order valence-corrected chi connectivity index (χ0v) is 11.1. The van der Waals surface area contributed by atoms with Crippen LogP contribution in [-0.2, 0) is 9.53 Å². The molecular formula is C13H18N2O5. The molecule has 0 bridgehead atoms. The molecule has 1 aromatic rings. The lowest BCUT2D eigenvalue weighted by Gasteiger charge is -2.12. The van der Waals surface area contributed by atoms with Gasteiger partial charge < -0.3 is 26.0 Å². The highest BCUT2D eigenvalue weighted by molar-refractivity contribution is 5.97. The number of carboxylic acids is 1. The van der Waals surface area contributed by atoms with Gasteiger partial charge in [-0.25, -0.2) is 4.79 Å². The van der Waals surface area contributed by atoms with Gasteiger partial charge >= 0.3 is 5.97 Å². The van der Waals surface area contributed by atoms with Crippen molar-refractivity contribution >= 4 is 17.6 Å². The molecule has 110 valence electrons. The molecule has 0 heterocycles. The van der Waals surface area contributed by atoms with E-state index in [4.69, 9.17) is 15.6 Å². The second-order valence-corrected chi connectivity index (χ2v) is 4.27. The summed E-state index contributed by atoms with van der Waals surface area (Å²) in [6, 6.07) is 3.08. The number of phenols is 1. The molecule has 1 rings (SSSR count). The number of ether oxygens (including phenoxy) is 1. The molecule has 7 heteroatoms. The molecule has 1 aromatic carbocycles. The van der Waals surface area contributed by atoms with Gasteiger partial charge in [0.1, 0.15) is 11.3 Å². The number of nitrogens with two attached hydrogens (primary N) is 1. The summed E-state index contributed by atoms with van der Waals surface area (Å²) < 4.78 is 4.87. The van der Waals surface area contributed by atoms with Crippen molar-refractivity contribution in [3.63, 3.8) is 0 Å². The van der Waals surface area contributed by atoms with Crippen molar-refractivity contribution in [3.8, 4) is 5.75 Å². The van der Waals surface area contributed by atoms with Crippen LogP contribution in [0.2, 0.25) is 0 Å². The first-order valence-corrected chi connectivity index (χ1v) is 6.07. The van der Waals surface area contributed by atoms with Crippen molar-refractivity contribution in [1.82, 2.24) is 0 Å². The Kier molecular flexibility index (Phi) is 5.95. The van der Waals surface area contributed by atoms with E-state index >= 15 is 0 Å². The van der Waals surface area contributed by atoms with Crippen molar-refractivity contribution in [2.75, 3.05) is 19.0 Å². The van der Waals surface area contributed by atoms with E-state index in [9.17, 15) is 14.7 Å². The van der Waals surface area contributed by atoms with Crippen LogP contribution in [-0.4, -0.2) is 41.8 Å². The number of benzene rings is 1. The number of rotatable bonds is 7. The van der Waals surface area contributed by atoms with E-state index in [1.807, 2.05) is 0 Å². The van der Waals surface area contributed by atoms with Crippen molar-refractivity contribution in [2.24, 2.45) is 5.73 Å². The van der Waals surface area contributed by atoms with E-state index in [1.54, 1.807) is 7.11 Å². The highest BCUT2D eigenvalue weighted by atomic mass is 16.5. The summed E-state index contributed by atoms with van der Waals surface area (Å²) in [5.74, 6) is -2.05. The minimum Gasteiger partial charge on any atom is -0.507 e. The van der Waals surface area contributed by atoms with Crippen LogP contribution in [0.4, 0.5) is 5.69 Å². The van der Waals surface area contributed by atoms with Gasteiger partial charge in [-0.15, -0.1) is 0 Å². The van der Waals surface area contributed by atoms with E-state index in [1.165, 1.54) is 18.2 Å². The van der Waals surface area contributed by atoms with Gasteiger partial charge in [-0.1, -0.05) is 0 Å². The molecule has 0 saturated carbocycles. The Morgan fingerprint density at radius 3 is 2.75 bits per heavy atom. The van der Waals surface area contributed by atoms with Gasteiger partial charge in [0.25, 0.3) is 0 Å². The van der Waals surface area contributed by atoms with E-state index in [2.05, 4.69) is 5.32 Å². The number of anilines is 1. The van der Waals surface area contributed by atoms with E-state index < -0.39 is 17.9 Å². The second-order valence-electron chi connectivity index (χ2n) is 4.27. The SMILES string of the molecule is COCCCC(N)C(=O)Nc1ccc(O)c(C(=O)O)c1. The standard InChI is InChI=1S/C13H18N2O5/c1-20-6-2-3-10(14)12(17)15-8-4-5-11(16)9(7-8)13(18)19/h4-5,7,10,16H,2-3,6,14H2,1H3,(H,15,17)(H,18,19). The molecule has 0 aliphatic heterocycles. The zero-order chi connectivity index (χ0) is 15.1. The van der Waals surface area contributed by atoms with Crippen LogP contribution in [0.5, 0.6) is 5.75 Å². The summed E-state index contributed by atoms with van der Waals surface area (Å²) in [5.41, 5.74) is 5.69. The van der Waals surface area contributed by atoms with Gasteiger partial charge in [-0.3, -0.25) is 4.79 Å². The van der Waals surface area contributed by atoms with Gasteiger partial charge in [0, 0.05) is 19.4 Å². The molecule has 1 unspecified atom stereocenters. The fourth-order valence-corrected chi connectivity index (χ4v) is 1.60. The lowest BCUT2D eigenvalue weighted by molar-refractivity contribution is -0.117. The third-order valence-corrected chi connectivity index (χ3v) is 2.69. The predicted molar refractivity (Wildman–Crippen MR) is 72.8 cm³/mol. The fourth-order valence-electron chi connectivity index (χ4n) is 1.60. The van der Waals surface area contributed by atoms with Crippen LogP contribution < -0.4 is 11.1 Å². The lowest BCUT2D eigenvalue weighted by atomic mass is 10.1. The van der Waals surface area contributed by atoms with E-state index in [0.717, 1.165) is 0 Å². The average Bonchev–Trinajstić information content (AvgIpc) is 2.40. The molecule has 0 aromatic heterocycles. The number of aromatic carboxylic acids is 1. The molecule has 0 saturated heterocycles. The predicted octanol–water partition coefficient (Wildman–Crippen LogP) is 0.783. The number of nitrogens with one attached hydrogen (secondary N) is 1. The third kappa shape index (κ3) is 4.52. The Balaban J connectivity index is 2.66. The number of aromatic hydroxyl groups is 1. The number of carbonyl (C=O) groups is 2. The first-order chi connectivity index (χ1) is 9.45. The Morgan fingerprint density at radius 1 is 1.45 bits per heavy atom. The molecule has 20 heavy (non-hydrogen) atoms. The maximum absolute atomic E-state index is 11.8. The minimum absolute atomic E-state index is 0.271.